The van der Waals surface area contributed by atoms with Crippen LogP contribution in [0.15, 0.2) is 58.1 Å². The van der Waals surface area contributed by atoms with Crippen LogP contribution in [-0.4, -0.2) is 43.4 Å². The summed E-state index contributed by atoms with van der Waals surface area (Å²) in [5.74, 6) is 1.09. The van der Waals surface area contributed by atoms with Gasteiger partial charge in [0.25, 0.3) is 5.56 Å². The van der Waals surface area contributed by atoms with Gasteiger partial charge in [-0.2, -0.15) is 0 Å². The fourth-order valence-corrected chi connectivity index (χ4v) is 4.42. The molecule has 8 nitrogen and oxygen atoms in total. The SMILES string of the molecule is O=C(CCn1c(=O)[nH]c(=O)c2ccccc21)N1CCC[C@H](c2nc3ccccc3[nH]2)C1. The lowest BCUT2D eigenvalue weighted by molar-refractivity contribution is -0.132. The normalized spacial score (nSPS) is 16.8. The fourth-order valence-electron chi connectivity index (χ4n) is 4.42. The van der Waals surface area contributed by atoms with E-state index < -0.39 is 11.2 Å². The maximum atomic E-state index is 12.9. The van der Waals surface area contributed by atoms with Crippen LogP contribution in [0.1, 0.15) is 31.0 Å². The first-order valence-electron chi connectivity index (χ1n) is 10.5. The molecule has 1 atom stereocenters. The first-order valence-corrected chi connectivity index (χ1v) is 10.5. The van der Waals surface area contributed by atoms with Crippen molar-refractivity contribution in [1.29, 1.82) is 0 Å². The highest BCUT2D eigenvalue weighted by atomic mass is 16.2. The quantitative estimate of drug-likeness (QED) is 0.532. The van der Waals surface area contributed by atoms with Gasteiger partial charge in [-0.15, -0.1) is 0 Å². The topological polar surface area (TPSA) is 104 Å². The molecule has 5 rings (SSSR count). The Hall–Kier alpha value is -3.68. The third kappa shape index (κ3) is 3.65. The Bertz CT molecular complexity index is 1350. The molecule has 1 aliphatic heterocycles. The molecule has 2 N–H and O–H groups in total. The number of para-hydroxylation sites is 3. The van der Waals surface area contributed by atoms with Crippen LogP contribution >= 0.6 is 0 Å². The summed E-state index contributed by atoms with van der Waals surface area (Å²) in [6.07, 6.45) is 2.09. The zero-order valence-electron chi connectivity index (χ0n) is 17.0. The molecule has 1 amide bonds. The molecule has 31 heavy (non-hydrogen) atoms. The van der Waals surface area contributed by atoms with E-state index in [1.54, 1.807) is 24.3 Å². The average molecular weight is 417 g/mol. The third-order valence-corrected chi connectivity index (χ3v) is 6.02. The number of hydrogen-bond acceptors (Lipinski definition) is 4. The maximum absolute atomic E-state index is 12.9. The van der Waals surface area contributed by atoms with Crippen molar-refractivity contribution in [3.8, 4) is 0 Å². The van der Waals surface area contributed by atoms with E-state index in [-0.39, 0.29) is 24.8 Å². The van der Waals surface area contributed by atoms with Gasteiger partial charge in [0, 0.05) is 32.0 Å². The predicted molar refractivity (Wildman–Crippen MR) is 118 cm³/mol. The number of amides is 1. The van der Waals surface area contributed by atoms with Crippen molar-refractivity contribution in [2.45, 2.75) is 31.7 Å². The fraction of sp³-hybridized carbons (Fsp3) is 0.304. The van der Waals surface area contributed by atoms with Crippen LogP contribution in [0.3, 0.4) is 0 Å². The number of aryl methyl sites for hydroxylation is 1. The first-order chi connectivity index (χ1) is 15.1. The van der Waals surface area contributed by atoms with E-state index >= 15 is 0 Å². The Morgan fingerprint density at radius 2 is 1.87 bits per heavy atom. The van der Waals surface area contributed by atoms with Crippen LogP contribution in [-0.2, 0) is 11.3 Å². The lowest BCUT2D eigenvalue weighted by Gasteiger charge is -2.32. The van der Waals surface area contributed by atoms with Crippen LogP contribution in [0.4, 0.5) is 0 Å². The minimum Gasteiger partial charge on any atom is -0.342 e. The molecule has 0 aliphatic carbocycles. The second-order valence-electron chi connectivity index (χ2n) is 8.00. The Labute approximate surface area is 177 Å². The molecule has 0 unspecified atom stereocenters. The molecular weight excluding hydrogens is 394 g/mol. The number of imidazole rings is 1. The van der Waals surface area contributed by atoms with Crippen molar-refractivity contribution in [2.75, 3.05) is 13.1 Å². The number of likely N-dealkylation sites (tertiary alicyclic amines) is 1. The standard InChI is InChI=1S/C23H23N5O3/c29-20(11-13-28-19-10-4-1-7-16(19)22(30)26-23(28)31)27-12-5-6-15(14-27)21-24-17-8-2-3-9-18(17)25-21/h1-4,7-10,15H,5-6,11-14H2,(H,24,25)(H,26,30,31)/t15-/m0/s1. The Balaban J connectivity index is 1.31. The summed E-state index contributed by atoms with van der Waals surface area (Å²) in [6, 6.07) is 14.9. The number of fused-ring (bicyclic) bond motifs is 2. The van der Waals surface area contributed by atoms with Crippen LogP contribution in [0, 0.1) is 0 Å². The Morgan fingerprint density at radius 1 is 1.06 bits per heavy atom. The molecule has 2 aromatic carbocycles. The van der Waals surface area contributed by atoms with Crippen molar-refractivity contribution >= 4 is 27.8 Å². The van der Waals surface area contributed by atoms with E-state index in [2.05, 4.69) is 9.97 Å². The van der Waals surface area contributed by atoms with E-state index in [1.165, 1.54) is 4.57 Å². The molecule has 4 aromatic rings. The van der Waals surface area contributed by atoms with Crippen molar-refractivity contribution in [3.63, 3.8) is 0 Å². The molecule has 158 valence electrons. The molecule has 3 heterocycles. The third-order valence-electron chi connectivity index (χ3n) is 6.02. The van der Waals surface area contributed by atoms with Gasteiger partial charge in [-0.05, 0) is 37.1 Å². The van der Waals surface area contributed by atoms with E-state index in [1.807, 2.05) is 29.2 Å². The second-order valence-corrected chi connectivity index (χ2v) is 8.00. The van der Waals surface area contributed by atoms with Gasteiger partial charge in [-0.25, -0.2) is 9.78 Å². The maximum Gasteiger partial charge on any atom is 0.328 e. The summed E-state index contributed by atoms with van der Waals surface area (Å²) in [5.41, 5.74) is 1.58. The van der Waals surface area contributed by atoms with Crippen molar-refractivity contribution in [1.82, 2.24) is 24.4 Å². The van der Waals surface area contributed by atoms with E-state index in [9.17, 15) is 14.4 Å². The van der Waals surface area contributed by atoms with Crippen molar-refractivity contribution in [2.24, 2.45) is 0 Å². The van der Waals surface area contributed by atoms with Crippen molar-refractivity contribution in [3.05, 3.63) is 75.2 Å². The minimum atomic E-state index is -0.490. The number of hydrogen-bond donors (Lipinski definition) is 2. The highest BCUT2D eigenvalue weighted by molar-refractivity contribution is 5.79. The van der Waals surface area contributed by atoms with E-state index in [0.717, 1.165) is 29.7 Å². The number of carbonyl (C=O) groups is 1. The largest absolute Gasteiger partial charge is 0.342 e. The number of carbonyl (C=O) groups excluding carboxylic acids is 1. The highest BCUT2D eigenvalue weighted by Crippen LogP contribution is 2.27. The number of H-pyrrole nitrogens is 2. The monoisotopic (exact) mass is 417 g/mol. The average Bonchev–Trinajstić information content (AvgIpc) is 3.23. The van der Waals surface area contributed by atoms with Gasteiger partial charge >= 0.3 is 5.69 Å². The van der Waals surface area contributed by atoms with Gasteiger partial charge in [-0.1, -0.05) is 24.3 Å². The summed E-state index contributed by atoms with van der Waals surface area (Å²) >= 11 is 0. The molecule has 8 heteroatoms. The molecule has 0 saturated carbocycles. The number of rotatable bonds is 4. The lowest BCUT2D eigenvalue weighted by atomic mass is 9.97. The molecule has 2 aromatic heterocycles. The van der Waals surface area contributed by atoms with Crippen LogP contribution in [0.25, 0.3) is 21.9 Å². The minimum absolute atomic E-state index is 0.00277. The molecule has 1 aliphatic rings. The number of piperidine rings is 1. The summed E-state index contributed by atoms with van der Waals surface area (Å²) in [7, 11) is 0. The smallest absolute Gasteiger partial charge is 0.328 e. The lowest BCUT2D eigenvalue weighted by Crippen LogP contribution is -2.40. The summed E-state index contributed by atoms with van der Waals surface area (Å²) in [6.45, 7) is 1.54. The highest BCUT2D eigenvalue weighted by Gasteiger charge is 2.26. The van der Waals surface area contributed by atoms with Crippen LogP contribution in [0.2, 0.25) is 0 Å². The number of benzene rings is 2. The van der Waals surface area contributed by atoms with Gasteiger partial charge in [0.15, 0.2) is 0 Å². The van der Waals surface area contributed by atoms with Crippen LogP contribution < -0.4 is 11.2 Å². The predicted octanol–water partition coefficient (Wildman–Crippen LogP) is 2.36. The van der Waals surface area contributed by atoms with E-state index in [0.29, 0.717) is 24.0 Å². The number of aromatic amines is 2. The van der Waals surface area contributed by atoms with Crippen LogP contribution in [0.5, 0.6) is 0 Å². The number of nitrogens with one attached hydrogen (secondary N) is 2. The molecular formula is C23H23N5O3. The number of aromatic nitrogens is 4. The summed E-state index contributed by atoms with van der Waals surface area (Å²) in [5, 5.41) is 0.442. The first kappa shape index (κ1) is 19.3. The zero-order valence-corrected chi connectivity index (χ0v) is 17.0. The molecule has 1 saturated heterocycles. The van der Waals surface area contributed by atoms with Gasteiger partial charge in [0.2, 0.25) is 5.91 Å². The van der Waals surface area contributed by atoms with Gasteiger partial charge in [0.05, 0.1) is 21.9 Å². The molecule has 0 spiro atoms. The zero-order chi connectivity index (χ0) is 21.4. The Kier molecular flexibility index (Phi) is 4.89. The molecule has 0 bridgehead atoms. The number of nitrogens with zero attached hydrogens (tertiary/aromatic N) is 3. The van der Waals surface area contributed by atoms with Gasteiger partial charge < -0.3 is 9.88 Å². The summed E-state index contributed by atoms with van der Waals surface area (Å²) in [4.78, 5) is 49.6. The Morgan fingerprint density at radius 3 is 2.74 bits per heavy atom. The molecule has 0 radical (unpaired) electrons. The molecule has 1 fully saturated rings. The van der Waals surface area contributed by atoms with Gasteiger partial charge in [-0.3, -0.25) is 19.1 Å². The summed E-state index contributed by atoms with van der Waals surface area (Å²) < 4.78 is 1.47. The second kappa shape index (κ2) is 7.86. The van der Waals surface area contributed by atoms with E-state index in [4.69, 9.17) is 4.98 Å². The van der Waals surface area contributed by atoms with Crippen molar-refractivity contribution < 1.29 is 4.79 Å². The van der Waals surface area contributed by atoms with Gasteiger partial charge in [0.1, 0.15) is 5.82 Å².